The molecule has 3 nitrogen and oxygen atoms in total. The highest BCUT2D eigenvalue weighted by molar-refractivity contribution is 7.99. The second-order valence-electron chi connectivity index (χ2n) is 5.30. The summed E-state index contributed by atoms with van der Waals surface area (Å²) in [6.07, 6.45) is 4.90. The Labute approximate surface area is 129 Å². The molecule has 5 heteroatoms. The van der Waals surface area contributed by atoms with Crippen molar-refractivity contribution in [3.05, 3.63) is 30.1 Å². The number of hydrogen-bond acceptors (Lipinski definition) is 3. The van der Waals surface area contributed by atoms with Crippen LogP contribution in [0.3, 0.4) is 0 Å². The molecule has 0 atom stereocenters. The summed E-state index contributed by atoms with van der Waals surface area (Å²) in [6.45, 7) is 0.456. The fourth-order valence-electron chi connectivity index (χ4n) is 2.77. The topological polar surface area (TPSA) is 40.5 Å². The van der Waals surface area contributed by atoms with E-state index in [9.17, 15) is 9.18 Å². The largest absolute Gasteiger partial charge is 0.395 e. The number of carbonyl (C=O) groups is 1. The Morgan fingerprint density at radius 1 is 1.29 bits per heavy atom. The van der Waals surface area contributed by atoms with Crippen molar-refractivity contribution in [3.63, 3.8) is 0 Å². The van der Waals surface area contributed by atoms with Crippen molar-refractivity contribution in [1.29, 1.82) is 0 Å². The van der Waals surface area contributed by atoms with Crippen LogP contribution < -0.4 is 0 Å². The van der Waals surface area contributed by atoms with Crippen LogP contribution in [-0.4, -0.2) is 40.9 Å². The van der Waals surface area contributed by atoms with Crippen LogP contribution in [0.1, 0.15) is 32.1 Å². The second-order valence-corrected chi connectivity index (χ2v) is 6.47. The maximum absolute atomic E-state index is 12.8. The number of hydrogen-bond donors (Lipinski definition) is 1. The smallest absolute Gasteiger partial charge is 0.223 e. The van der Waals surface area contributed by atoms with Crippen molar-refractivity contribution < 1.29 is 14.3 Å². The van der Waals surface area contributed by atoms with Crippen LogP contribution in [0.5, 0.6) is 0 Å². The van der Waals surface area contributed by atoms with E-state index in [2.05, 4.69) is 0 Å². The first-order valence-electron chi connectivity index (χ1n) is 7.49. The lowest BCUT2D eigenvalue weighted by molar-refractivity contribution is -0.133. The summed E-state index contributed by atoms with van der Waals surface area (Å²) in [5.41, 5.74) is 0. The molecule has 2 rings (SSSR count). The van der Waals surface area contributed by atoms with Gasteiger partial charge in [0.1, 0.15) is 5.82 Å². The average molecular weight is 311 g/mol. The molecule has 1 fully saturated rings. The van der Waals surface area contributed by atoms with E-state index in [0.29, 0.717) is 24.8 Å². The van der Waals surface area contributed by atoms with Crippen molar-refractivity contribution in [3.8, 4) is 0 Å². The first kappa shape index (κ1) is 16.3. The van der Waals surface area contributed by atoms with E-state index in [1.54, 1.807) is 23.9 Å². The highest BCUT2D eigenvalue weighted by Gasteiger charge is 2.25. The number of halogens is 1. The molecule has 0 saturated heterocycles. The molecule has 0 unspecified atom stereocenters. The lowest BCUT2D eigenvalue weighted by atomic mass is 10.2. The van der Waals surface area contributed by atoms with Gasteiger partial charge in [0.05, 0.1) is 6.61 Å². The molecule has 0 radical (unpaired) electrons. The zero-order valence-electron chi connectivity index (χ0n) is 12.1. The number of amides is 1. The van der Waals surface area contributed by atoms with Gasteiger partial charge in [0.2, 0.25) is 5.91 Å². The van der Waals surface area contributed by atoms with Crippen molar-refractivity contribution in [2.75, 3.05) is 18.9 Å². The van der Waals surface area contributed by atoms with E-state index >= 15 is 0 Å². The first-order valence-corrected chi connectivity index (χ1v) is 8.48. The molecule has 0 bridgehead atoms. The molecular weight excluding hydrogens is 289 g/mol. The third-order valence-electron chi connectivity index (χ3n) is 3.83. The second kappa shape index (κ2) is 8.39. The average Bonchev–Trinajstić information content (AvgIpc) is 3.00. The molecule has 0 aliphatic heterocycles. The number of aliphatic hydroxyl groups excluding tert-OH is 1. The van der Waals surface area contributed by atoms with Gasteiger partial charge >= 0.3 is 0 Å². The first-order chi connectivity index (χ1) is 10.2. The van der Waals surface area contributed by atoms with Gasteiger partial charge in [0.25, 0.3) is 0 Å². The maximum atomic E-state index is 12.8. The summed E-state index contributed by atoms with van der Waals surface area (Å²) >= 11 is 1.56. The van der Waals surface area contributed by atoms with Gasteiger partial charge in [-0.2, -0.15) is 0 Å². The number of carbonyl (C=O) groups excluding carboxylic acids is 1. The molecule has 1 aromatic rings. The van der Waals surface area contributed by atoms with Crippen LogP contribution in [0.2, 0.25) is 0 Å². The van der Waals surface area contributed by atoms with Gasteiger partial charge in [-0.3, -0.25) is 4.79 Å². The summed E-state index contributed by atoms with van der Waals surface area (Å²) in [5, 5.41) is 9.14. The zero-order chi connectivity index (χ0) is 15.1. The van der Waals surface area contributed by atoms with Gasteiger partial charge in [0.15, 0.2) is 0 Å². The monoisotopic (exact) mass is 311 g/mol. The van der Waals surface area contributed by atoms with E-state index in [-0.39, 0.29) is 18.3 Å². The summed E-state index contributed by atoms with van der Waals surface area (Å²) in [7, 11) is 0. The molecule has 1 saturated carbocycles. The van der Waals surface area contributed by atoms with Crippen molar-refractivity contribution in [2.24, 2.45) is 0 Å². The normalized spacial score (nSPS) is 15.3. The Morgan fingerprint density at radius 3 is 2.57 bits per heavy atom. The van der Waals surface area contributed by atoms with E-state index in [1.165, 1.54) is 25.0 Å². The standard InChI is InChI=1S/C16H22FNO2S/c17-13-5-7-15(8-6-13)21-12-9-16(20)18(10-11-19)14-3-1-2-4-14/h5-8,14,19H,1-4,9-12H2. The SMILES string of the molecule is O=C(CCSc1ccc(F)cc1)N(CCO)C1CCCC1. The minimum atomic E-state index is -0.245. The quantitative estimate of drug-likeness (QED) is 0.787. The maximum Gasteiger partial charge on any atom is 0.223 e. The van der Waals surface area contributed by atoms with E-state index in [1.807, 2.05) is 4.90 Å². The Kier molecular flexibility index (Phi) is 6.51. The highest BCUT2D eigenvalue weighted by Crippen LogP contribution is 2.25. The summed E-state index contributed by atoms with van der Waals surface area (Å²) in [6, 6.07) is 6.63. The van der Waals surface area contributed by atoms with Crippen LogP contribution in [0, 0.1) is 5.82 Å². The Bertz CT molecular complexity index is 446. The Hall–Kier alpha value is -1.07. The fraction of sp³-hybridized carbons (Fsp3) is 0.562. The number of thioether (sulfide) groups is 1. The van der Waals surface area contributed by atoms with E-state index in [0.717, 1.165) is 17.7 Å². The molecule has 21 heavy (non-hydrogen) atoms. The minimum absolute atomic E-state index is 0.0212. The molecule has 1 N–H and O–H groups in total. The molecule has 1 aromatic carbocycles. The van der Waals surface area contributed by atoms with Crippen molar-refractivity contribution in [1.82, 2.24) is 4.90 Å². The number of rotatable bonds is 7. The molecular formula is C16H22FNO2S. The predicted molar refractivity (Wildman–Crippen MR) is 82.8 cm³/mol. The minimum Gasteiger partial charge on any atom is -0.395 e. The summed E-state index contributed by atoms with van der Waals surface area (Å²) < 4.78 is 12.8. The van der Waals surface area contributed by atoms with Crippen LogP contribution in [-0.2, 0) is 4.79 Å². The third kappa shape index (κ3) is 5.00. The Morgan fingerprint density at radius 2 is 1.95 bits per heavy atom. The molecule has 0 heterocycles. The van der Waals surface area contributed by atoms with Crippen LogP contribution >= 0.6 is 11.8 Å². The summed E-state index contributed by atoms with van der Waals surface area (Å²) in [5.74, 6) is 0.551. The highest BCUT2D eigenvalue weighted by atomic mass is 32.2. The lowest BCUT2D eigenvalue weighted by Gasteiger charge is -2.28. The van der Waals surface area contributed by atoms with E-state index < -0.39 is 0 Å². The van der Waals surface area contributed by atoms with Crippen LogP contribution in [0.15, 0.2) is 29.2 Å². The van der Waals surface area contributed by atoms with E-state index in [4.69, 9.17) is 5.11 Å². The lowest BCUT2D eigenvalue weighted by Crippen LogP contribution is -2.40. The van der Waals surface area contributed by atoms with Gasteiger partial charge in [0, 0.05) is 29.7 Å². The number of nitrogens with zero attached hydrogens (tertiary/aromatic N) is 1. The number of benzene rings is 1. The van der Waals surface area contributed by atoms with Crippen molar-refractivity contribution >= 4 is 17.7 Å². The molecule has 0 aromatic heterocycles. The fourth-order valence-corrected chi connectivity index (χ4v) is 3.61. The molecule has 1 aliphatic rings. The van der Waals surface area contributed by atoms with Crippen molar-refractivity contribution in [2.45, 2.75) is 43.0 Å². The van der Waals surface area contributed by atoms with Gasteiger partial charge in [-0.05, 0) is 37.1 Å². The zero-order valence-corrected chi connectivity index (χ0v) is 12.9. The van der Waals surface area contributed by atoms with Gasteiger partial charge in [-0.15, -0.1) is 11.8 Å². The summed E-state index contributed by atoms with van der Waals surface area (Å²) in [4.78, 5) is 15.1. The molecule has 0 spiro atoms. The Balaban J connectivity index is 1.79. The predicted octanol–water partition coefficient (Wildman–Crippen LogP) is 3.07. The van der Waals surface area contributed by atoms with Gasteiger partial charge in [-0.25, -0.2) is 4.39 Å². The molecule has 116 valence electrons. The van der Waals surface area contributed by atoms with Gasteiger partial charge < -0.3 is 10.0 Å². The van der Waals surface area contributed by atoms with Crippen LogP contribution in [0.25, 0.3) is 0 Å². The third-order valence-corrected chi connectivity index (χ3v) is 4.84. The van der Waals surface area contributed by atoms with Crippen LogP contribution in [0.4, 0.5) is 4.39 Å². The van der Waals surface area contributed by atoms with Gasteiger partial charge in [-0.1, -0.05) is 12.8 Å². The molecule has 1 amide bonds. The molecule has 1 aliphatic carbocycles. The number of aliphatic hydroxyl groups is 1.